The highest BCUT2D eigenvalue weighted by molar-refractivity contribution is 7.80. The van der Waals surface area contributed by atoms with E-state index in [9.17, 15) is 0 Å². The first-order valence-electron chi connectivity index (χ1n) is 6.43. The van der Waals surface area contributed by atoms with Crippen LogP contribution in [0.4, 0.5) is 11.5 Å². The molecule has 3 rings (SSSR count). The van der Waals surface area contributed by atoms with Crippen LogP contribution in [0, 0.1) is 0 Å². The predicted octanol–water partition coefficient (Wildman–Crippen LogP) is 4.30. The monoisotopic (exact) mass is 333 g/mol. The Morgan fingerprint density at radius 2 is 1.95 bits per heavy atom. The zero-order chi connectivity index (χ0) is 15.5. The number of thiocarbonyl (C=S) groups is 1. The van der Waals surface area contributed by atoms with Crippen LogP contribution in [0.15, 0.2) is 47.0 Å². The molecule has 0 saturated carbocycles. The van der Waals surface area contributed by atoms with Crippen molar-refractivity contribution in [2.75, 3.05) is 17.7 Å². The quantitative estimate of drug-likeness (QED) is 0.697. The fraction of sp³-hybridized carbons (Fsp3) is 0.0667. The van der Waals surface area contributed by atoms with Crippen LogP contribution in [0.2, 0.25) is 5.02 Å². The number of benzene rings is 2. The highest BCUT2D eigenvalue weighted by Crippen LogP contribution is 2.25. The Morgan fingerprint density at radius 3 is 2.68 bits per heavy atom. The van der Waals surface area contributed by atoms with Crippen LogP contribution in [-0.4, -0.2) is 17.4 Å². The van der Waals surface area contributed by atoms with E-state index in [0.717, 1.165) is 16.8 Å². The van der Waals surface area contributed by atoms with E-state index in [1.54, 1.807) is 19.2 Å². The number of methoxy groups -OCH3 is 1. The van der Waals surface area contributed by atoms with Gasteiger partial charge in [0.25, 0.3) is 0 Å². The second-order valence-corrected chi connectivity index (χ2v) is 5.32. The van der Waals surface area contributed by atoms with Gasteiger partial charge in [-0.3, -0.25) is 0 Å². The summed E-state index contributed by atoms with van der Waals surface area (Å²) in [6.07, 6.45) is 0. The Labute approximate surface area is 137 Å². The lowest BCUT2D eigenvalue weighted by Crippen LogP contribution is -2.19. The van der Waals surface area contributed by atoms with Crippen molar-refractivity contribution < 1.29 is 9.26 Å². The zero-order valence-electron chi connectivity index (χ0n) is 11.6. The number of ether oxygens (including phenoxy) is 1. The average molecular weight is 334 g/mol. The topological polar surface area (TPSA) is 59.3 Å². The highest BCUT2D eigenvalue weighted by Gasteiger charge is 2.10. The summed E-state index contributed by atoms with van der Waals surface area (Å²) in [6, 6.07) is 12.7. The normalized spacial score (nSPS) is 10.5. The summed E-state index contributed by atoms with van der Waals surface area (Å²) >= 11 is 11.2. The van der Waals surface area contributed by atoms with Gasteiger partial charge in [-0.05, 0) is 48.6 Å². The number of anilines is 2. The summed E-state index contributed by atoms with van der Waals surface area (Å²) in [5.74, 6) is 1.32. The van der Waals surface area contributed by atoms with Crippen molar-refractivity contribution in [2.45, 2.75) is 0 Å². The molecule has 0 radical (unpaired) electrons. The number of halogens is 1. The van der Waals surface area contributed by atoms with Crippen molar-refractivity contribution in [3.63, 3.8) is 0 Å². The van der Waals surface area contributed by atoms with Gasteiger partial charge >= 0.3 is 0 Å². The van der Waals surface area contributed by atoms with E-state index in [2.05, 4.69) is 15.8 Å². The van der Waals surface area contributed by atoms with Crippen molar-refractivity contribution in [3.8, 4) is 5.75 Å². The summed E-state index contributed by atoms with van der Waals surface area (Å²) in [5, 5.41) is 11.8. The molecule has 0 saturated heterocycles. The molecule has 22 heavy (non-hydrogen) atoms. The van der Waals surface area contributed by atoms with Gasteiger partial charge in [0.15, 0.2) is 16.5 Å². The predicted molar refractivity (Wildman–Crippen MR) is 91.9 cm³/mol. The zero-order valence-corrected chi connectivity index (χ0v) is 13.2. The average Bonchev–Trinajstić information content (AvgIpc) is 2.90. The van der Waals surface area contributed by atoms with Gasteiger partial charge in [-0.2, -0.15) is 0 Å². The minimum atomic E-state index is 0.412. The molecule has 0 aliphatic rings. The van der Waals surface area contributed by atoms with Crippen LogP contribution in [0.25, 0.3) is 11.0 Å². The Morgan fingerprint density at radius 1 is 1.18 bits per heavy atom. The van der Waals surface area contributed by atoms with Crippen LogP contribution in [0.3, 0.4) is 0 Å². The summed E-state index contributed by atoms with van der Waals surface area (Å²) < 4.78 is 10.3. The van der Waals surface area contributed by atoms with Crippen molar-refractivity contribution in [1.29, 1.82) is 0 Å². The molecule has 0 spiro atoms. The molecule has 2 aromatic carbocycles. The molecule has 0 bridgehead atoms. The molecule has 3 aromatic rings. The van der Waals surface area contributed by atoms with Crippen LogP contribution in [0.1, 0.15) is 0 Å². The molecule has 7 heteroatoms. The molecule has 0 aliphatic heterocycles. The van der Waals surface area contributed by atoms with E-state index in [4.69, 9.17) is 33.1 Å². The number of hydrogen-bond acceptors (Lipinski definition) is 4. The Kier molecular flexibility index (Phi) is 4.13. The first kappa shape index (κ1) is 14.6. The number of aromatic nitrogens is 1. The van der Waals surface area contributed by atoms with Crippen LogP contribution in [0.5, 0.6) is 5.75 Å². The van der Waals surface area contributed by atoms with Crippen molar-refractivity contribution in [3.05, 3.63) is 47.5 Å². The fourth-order valence-corrected chi connectivity index (χ4v) is 2.32. The maximum atomic E-state index is 5.91. The standard InChI is InChI=1S/C15H12ClN3O2S/c1-20-11-5-3-10(4-6-11)17-15(22)18-14-12-7-2-9(16)8-13(12)21-19-14/h2-8H,1H3,(H2,17,18,19,22). The molecular formula is C15H12ClN3O2S. The second kappa shape index (κ2) is 6.21. The smallest absolute Gasteiger partial charge is 0.183 e. The van der Waals surface area contributed by atoms with E-state index in [1.807, 2.05) is 30.3 Å². The van der Waals surface area contributed by atoms with Crippen molar-refractivity contribution >= 4 is 51.4 Å². The molecule has 1 aromatic heterocycles. The maximum Gasteiger partial charge on any atom is 0.183 e. The molecule has 2 N–H and O–H groups in total. The molecule has 0 unspecified atom stereocenters. The number of nitrogens with zero attached hydrogens (tertiary/aromatic N) is 1. The van der Waals surface area contributed by atoms with Gasteiger partial charge in [0.2, 0.25) is 0 Å². The molecule has 5 nitrogen and oxygen atoms in total. The van der Waals surface area contributed by atoms with Crippen LogP contribution < -0.4 is 15.4 Å². The number of rotatable bonds is 3. The van der Waals surface area contributed by atoms with Crippen LogP contribution >= 0.6 is 23.8 Å². The molecule has 0 amide bonds. The molecule has 0 aliphatic carbocycles. The molecule has 0 fully saturated rings. The van der Waals surface area contributed by atoms with Gasteiger partial charge in [-0.15, -0.1) is 0 Å². The first-order chi connectivity index (χ1) is 10.7. The third kappa shape index (κ3) is 3.13. The van der Waals surface area contributed by atoms with E-state index in [0.29, 0.717) is 21.5 Å². The summed E-state index contributed by atoms with van der Waals surface area (Å²) in [4.78, 5) is 0. The summed E-state index contributed by atoms with van der Waals surface area (Å²) in [5.41, 5.74) is 1.44. The largest absolute Gasteiger partial charge is 0.497 e. The summed E-state index contributed by atoms with van der Waals surface area (Å²) in [6.45, 7) is 0. The van der Waals surface area contributed by atoms with E-state index in [1.165, 1.54) is 0 Å². The lowest BCUT2D eigenvalue weighted by molar-refractivity contribution is 0.415. The van der Waals surface area contributed by atoms with Gasteiger partial charge in [0, 0.05) is 16.8 Å². The second-order valence-electron chi connectivity index (χ2n) is 4.48. The Bertz CT molecular complexity index is 817. The molecule has 1 heterocycles. The fourth-order valence-electron chi connectivity index (χ4n) is 1.95. The van der Waals surface area contributed by atoms with Crippen molar-refractivity contribution in [2.24, 2.45) is 0 Å². The van der Waals surface area contributed by atoms with Gasteiger partial charge < -0.3 is 19.9 Å². The third-order valence-electron chi connectivity index (χ3n) is 3.01. The molecule has 0 atom stereocenters. The lowest BCUT2D eigenvalue weighted by atomic mass is 10.2. The maximum absolute atomic E-state index is 5.91. The van der Waals surface area contributed by atoms with Gasteiger partial charge in [0.05, 0.1) is 12.5 Å². The van der Waals surface area contributed by atoms with E-state index in [-0.39, 0.29) is 0 Å². The minimum absolute atomic E-state index is 0.412. The van der Waals surface area contributed by atoms with Crippen molar-refractivity contribution in [1.82, 2.24) is 5.16 Å². The third-order valence-corrected chi connectivity index (χ3v) is 3.45. The molecular weight excluding hydrogens is 322 g/mol. The summed E-state index contributed by atoms with van der Waals surface area (Å²) in [7, 11) is 1.62. The van der Waals surface area contributed by atoms with Gasteiger partial charge in [0.1, 0.15) is 5.75 Å². The first-order valence-corrected chi connectivity index (χ1v) is 7.21. The number of nitrogens with one attached hydrogen (secondary N) is 2. The lowest BCUT2D eigenvalue weighted by Gasteiger charge is -2.09. The van der Waals surface area contributed by atoms with E-state index >= 15 is 0 Å². The minimum Gasteiger partial charge on any atom is -0.497 e. The highest BCUT2D eigenvalue weighted by atomic mass is 35.5. The SMILES string of the molecule is COc1ccc(NC(=S)Nc2noc3cc(Cl)ccc23)cc1. The number of hydrogen-bond donors (Lipinski definition) is 2. The Hall–Kier alpha value is -2.31. The molecule has 112 valence electrons. The Balaban J connectivity index is 1.72. The van der Waals surface area contributed by atoms with Gasteiger partial charge in [-0.25, -0.2) is 0 Å². The number of fused-ring (bicyclic) bond motifs is 1. The van der Waals surface area contributed by atoms with E-state index < -0.39 is 0 Å². The van der Waals surface area contributed by atoms with Gasteiger partial charge in [-0.1, -0.05) is 16.8 Å². The van der Waals surface area contributed by atoms with Crippen LogP contribution in [-0.2, 0) is 0 Å².